The number of benzene rings is 8. The highest BCUT2D eigenvalue weighted by Gasteiger charge is 2.35. The monoisotopic (exact) mass is 692 g/mol. The fraction of sp³-hybridized carbons (Fsp3) is 0.0769. The van der Waals surface area contributed by atoms with Gasteiger partial charge in [0.25, 0.3) is 0 Å². The van der Waals surface area contributed by atoms with Crippen LogP contribution in [0.1, 0.15) is 25.0 Å². The molecule has 1 aliphatic rings. The van der Waals surface area contributed by atoms with Gasteiger partial charge in [0.2, 0.25) is 0 Å². The third-order valence-corrected chi connectivity index (χ3v) is 11.6. The number of hydrogen-bond acceptors (Lipinski definition) is 1. The van der Waals surface area contributed by atoms with Gasteiger partial charge in [-0.25, -0.2) is 0 Å². The summed E-state index contributed by atoms with van der Waals surface area (Å²) in [6.45, 7) is 4.71. The summed E-state index contributed by atoms with van der Waals surface area (Å²) in [4.78, 5) is 2.41. The van der Waals surface area contributed by atoms with E-state index in [0.717, 1.165) is 17.1 Å². The summed E-state index contributed by atoms with van der Waals surface area (Å²) >= 11 is 0. The zero-order chi connectivity index (χ0) is 36.4. The van der Waals surface area contributed by atoms with Gasteiger partial charge < -0.3 is 9.47 Å². The third-order valence-electron chi connectivity index (χ3n) is 11.6. The van der Waals surface area contributed by atoms with Crippen molar-refractivity contribution in [3.05, 3.63) is 199 Å². The Kier molecular flexibility index (Phi) is 7.42. The van der Waals surface area contributed by atoms with Gasteiger partial charge >= 0.3 is 0 Å². The molecular weight excluding hydrogens is 653 g/mol. The Morgan fingerprint density at radius 1 is 0.426 bits per heavy atom. The Hall–Kier alpha value is -6.64. The van der Waals surface area contributed by atoms with Crippen LogP contribution in [0.4, 0.5) is 17.1 Å². The van der Waals surface area contributed by atoms with Gasteiger partial charge in [-0.1, -0.05) is 153 Å². The van der Waals surface area contributed by atoms with Crippen molar-refractivity contribution < 1.29 is 0 Å². The van der Waals surface area contributed by atoms with Crippen LogP contribution in [-0.4, -0.2) is 4.57 Å². The van der Waals surface area contributed by atoms with Crippen molar-refractivity contribution >= 4 is 38.7 Å². The lowest BCUT2D eigenvalue weighted by atomic mass is 9.82. The molecule has 8 aromatic carbocycles. The molecule has 9 aromatic rings. The fourth-order valence-electron chi connectivity index (χ4n) is 8.85. The van der Waals surface area contributed by atoms with Crippen LogP contribution >= 0.6 is 0 Å². The minimum Gasteiger partial charge on any atom is -0.343 e. The van der Waals surface area contributed by atoms with Crippen LogP contribution in [0.2, 0.25) is 0 Å². The molecule has 1 heterocycles. The fourth-order valence-corrected chi connectivity index (χ4v) is 8.85. The normalized spacial score (nSPS) is 12.9. The topological polar surface area (TPSA) is 8.17 Å². The molecule has 258 valence electrons. The minimum absolute atomic E-state index is 0.0976. The Bertz CT molecular complexity index is 2840. The number of aromatic nitrogens is 1. The molecule has 0 atom stereocenters. The third kappa shape index (κ3) is 5.09. The molecule has 1 aromatic heterocycles. The Morgan fingerprint density at radius 3 is 1.80 bits per heavy atom. The number of rotatable bonds is 6. The van der Waals surface area contributed by atoms with Gasteiger partial charge in [-0.2, -0.15) is 0 Å². The summed E-state index contributed by atoms with van der Waals surface area (Å²) in [5.41, 5.74) is 17.2. The number of fused-ring (bicyclic) bond motifs is 5. The van der Waals surface area contributed by atoms with Gasteiger partial charge in [0, 0.05) is 46.0 Å². The van der Waals surface area contributed by atoms with Crippen LogP contribution in [-0.2, 0) is 12.5 Å². The van der Waals surface area contributed by atoms with Crippen LogP contribution in [0, 0.1) is 0 Å². The standard InChI is InChI=1S/C52H40N2/c1-52(2)47-19-11-9-17-44(47)45-32-31-43(34-48(45)52)54(41-27-23-36(24-28-41)40-22-21-35-13-7-8-16-39(35)33-40)42-29-25-37(26-30-42)50-46-18-10-12-20-49(46)53(3)51(50)38-14-5-4-6-15-38/h4-34H,1-3H3. The second kappa shape index (κ2) is 12.5. The maximum absolute atomic E-state index is 2.42. The number of aryl methyl sites for hydroxylation is 1. The van der Waals surface area contributed by atoms with Gasteiger partial charge in [-0.15, -0.1) is 0 Å². The van der Waals surface area contributed by atoms with E-state index in [0.29, 0.717) is 0 Å². The molecule has 0 spiro atoms. The van der Waals surface area contributed by atoms with Crippen molar-refractivity contribution in [2.45, 2.75) is 19.3 Å². The van der Waals surface area contributed by atoms with Crippen LogP contribution in [0.3, 0.4) is 0 Å². The van der Waals surface area contributed by atoms with E-state index >= 15 is 0 Å². The van der Waals surface area contributed by atoms with Gasteiger partial charge in [0.1, 0.15) is 0 Å². The first-order valence-electron chi connectivity index (χ1n) is 18.8. The quantitative estimate of drug-likeness (QED) is 0.168. The van der Waals surface area contributed by atoms with Crippen molar-refractivity contribution in [2.75, 3.05) is 4.90 Å². The van der Waals surface area contributed by atoms with Crippen LogP contribution < -0.4 is 4.90 Å². The summed E-state index contributed by atoms with van der Waals surface area (Å²) in [6.07, 6.45) is 0. The molecule has 54 heavy (non-hydrogen) atoms. The lowest BCUT2D eigenvalue weighted by Crippen LogP contribution is -2.16. The van der Waals surface area contributed by atoms with E-state index in [1.54, 1.807) is 0 Å². The van der Waals surface area contributed by atoms with E-state index in [1.165, 1.54) is 77.4 Å². The molecule has 0 saturated heterocycles. The van der Waals surface area contributed by atoms with E-state index in [-0.39, 0.29) is 5.41 Å². The number of para-hydroxylation sites is 1. The molecule has 0 bridgehead atoms. The largest absolute Gasteiger partial charge is 0.343 e. The predicted molar refractivity (Wildman–Crippen MR) is 229 cm³/mol. The highest BCUT2D eigenvalue weighted by atomic mass is 15.1. The summed E-state index contributed by atoms with van der Waals surface area (Å²) in [5, 5.41) is 3.77. The van der Waals surface area contributed by atoms with Crippen molar-refractivity contribution in [3.8, 4) is 44.6 Å². The predicted octanol–water partition coefficient (Wildman–Crippen LogP) is 14.1. The average Bonchev–Trinajstić information content (AvgIpc) is 3.65. The lowest BCUT2D eigenvalue weighted by molar-refractivity contribution is 0.660. The van der Waals surface area contributed by atoms with E-state index in [9.17, 15) is 0 Å². The second-order valence-electron chi connectivity index (χ2n) is 15.1. The highest BCUT2D eigenvalue weighted by Crippen LogP contribution is 2.51. The van der Waals surface area contributed by atoms with Crippen LogP contribution in [0.5, 0.6) is 0 Å². The van der Waals surface area contributed by atoms with E-state index in [2.05, 4.69) is 218 Å². The molecule has 0 N–H and O–H groups in total. The molecule has 0 saturated carbocycles. The molecule has 0 radical (unpaired) electrons. The Labute approximate surface area is 317 Å². The number of anilines is 3. The maximum Gasteiger partial charge on any atom is 0.0568 e. The number of hydrogen-bond donors (Lipinski definition) is 0. The zero-order valence-corrected chi connectivity index (χ0v) is 30.8. The smallest absolute Gasteiger partial charge is 0.0568 e. The first kappa shape index (κ1) is 32.0. The van der Waals surface area contributed by atoms with Crippen molar-refractivity contribution in [1.82, 2.24) is 4.57 Å². The van der Waals surface area contributed by atoms with Crippen LogP contribution in [0.25, 0.3) is 66.3 Å². The van der Waals surface area contributed by atoms with Crippen molar-refractivity contribution in [3.63, 3.8) is 0 Å². The molecule has 2 heteroatoms. The molecule has 0 amide bonds. The maximum atomic E-state index is 2.42. The summed E-state index contributed by atoms with van der Waals surface area (Å²) in [6, 6.07) is 68.9. The van der Waals surface area contributed by atoms with Gasteiger partial charge in [-0.3, -0.25) is 0 Å². The molecule has 0 unspecified atom stereocenters. The zero-order valence-electron chi connectivity index (χ0n) is 30.8. The summed E-state index contributed by atoms with van der Waals surface area (Å²) in [7, 11) is 2.18. The average molecular weight is 693 g/mol. The van der Waals surface area contributed by atoms with Gasteiger partial charge in [0.05, 0.1) is 5.69 Å². The SMILES string of the molecule is Cn1c(-c2ccccc2)c(-c2ccc(N(c3ccc(-c4ccc5ccccc5c4)cc3)c3ccc4c(c3)C(C)(C)c3ccccc3-4)cc2)c2ccccc21. The molecule has 10 rings (SSSR count). The minimum atomic E-state index is -0.0976. The Balaban J connectivity index is 1.10. The van der Waals surface area contributed by atoms with E-state index in [1.807, 2.05) is 0 Å². The van der Waals surface area contributed by atoms with Gasteiger partial charge in [0.15, 0.2) is 0 Å². The molecular formula is C52H40N2. The summed E-state index contributed by atoms with van der Waals surface area (Å²) < 4.78 is 2.33. The van der Waals surface area contributed by atoms with Gasteiger partial charge in [-0.05, 0) is 104 Å². The van der Waals surface area contributed by atoms with Crippen molar-refractivity contribution in [2.24, 2.45) is 7.05 Å². The molecule has 0 aliphatic heterocycles. The van der Waals surface area contributed by atoms with Crippen molar-refractivity contribution in [1.29, 1.82) is 0 Å². The Morgan fingerprint density at radius 2 is 1.02 bits per heavy atom. The molecule has 2 nitrogen and oxygen atoms in total. The summed E-state index contributed by atoms with van der Waals surface area (Å²) in [5.74, 6) is 0. The first-order chi connectivity index (χ1) is 26.5. The lowest BCUT2D eigenvalue weighted by Gasteiger charge is -2.28. The second-order valence-corrected chi connectivity index (χ2v) is 15.1. The first-order valence-corrected chi connectivity index (χ1v) is 18.8. The molecule has 0 fully saturated rings. The van der Waals surface area contributed by atoms with Crippen LogP contribution in [0.15, 0.2) is 188 Å². The highest BCUT2D eigenvalue weighted by molar-refractivity contribution is 6.05. The molecule has 1 aliphatic carbocycles. The van der Waals surface area contributed by atoms with E-state index < -0.39 is 0 Å². The van der Waals surface area contributed by atoms with E-state index in [4.69, 9.17) is 0 Å². The number of nitrogens with zero attached hydrogens (tertiary/aromatic N) is 2.